The van der Waals surface area contributed by atoms with Crippen LogP contribution in [0, 0.1) is 0 Å². The molecule has 0 fully saturated rings. The Morgan fingerprint density at radius 3 is 2.50 bits per heavy atom. The molecule has 4 rings (SSSR count). The summed E-state index contributed by atoms with van der Waals surface area (Å²) < 4.78 is 41.4. The summed E-state index contributed by atoms with van der Waals surface area (Å²) in [5.41, 5.74) is -0.765. The zero-order chi connectivity index (χ0) is 19.7. The minimum atomic E-state index is -4.53. The first-order valence-corrected chi connectivity index (χ1v) is 8.02. The van der Waals surface area contributed by atoms with Gasteiger partial charge in [-0.1, -0.05) is 18.2 Å². The van der Waals surface area contributed by atoms with Gasteiger partial charge >= 0.3 is 6.18 Å². The van der Waals surface area contributed by atoms with Crippen molar-refractivity contribution in [2.45, 2.75) is 6.18 Å². The maximum atomic E-state index is 13.3. The number of nitrogens with one attached hydrogen (secondary N) is 1. The number of imidazole rings is 1. The number of halogens is 3. The second-order valence-corrected chi connectivity index (χ2v) is 5.71. The van der Waals surface area contributed by atoms with Crippen molar-refractivity contribution in [1.29, 1.82) is 0 Å². The molecule has 0 atom stereocenters. The van der Waals surface area contributed by atoms with Crippen LogP contribution in [0.1, 0.15) is 16.1 Å². The molecule has 0 saturated carbocycles. The first-order valence-electron chi connectivity index (χ1n) is 8.02. The van der Waals surface area contributed by atoms with Crippen LogP contribution in [0.3, 0.4) is 0 Å². The van der Waals surface area contributed by atoms with Gasteiger partial charge in [0.05, 0.1) is 11.3 Å². The first kappa shape index (κ1) is 17.6. The Labute approximate surface area is 155 Å². The lowest BCUT2D eigenvalue weighted by Gasteiger charge is -2.12. The number of aromatic nitrogens is 5. The molecule has 10 heteroatoms. The number of rotatable bonds is 3. The molecule has 140 valence electrons. The van der Waals surface area contributed by atoms with Gasteiger partial charge in [0.15, 0.2) is 11.3 Å². The average Bonchev–Trinajstić information content (AvgIpc) is 3.11. The van der Waals surface area contributed by atoms with Gasteiger partial charge < -0.3 is 0 Å². The number of amides is 1. The third-order valence-corrected chi connectivity index (χ3v) is 3.90. The number of benzene rings is 1. The largest absolute Gasteiger partial charge is 0.417 e. The van der Waals surface area contributed by atoms with E-state index in [2.05, 4.69) is 25.3 Å². The molecular weight excluding hydrogens is 373 g/mol. The van der Waals surface area contributed by atoms with E-state index in [-0.39, 0.29) is 28.5 Å². The van der Waals surface area contributed by atoms with Gasteiger partial charge in [0.25, 0.3) is 5.91 Å². The maximum absolute atomic E-state index is 13.3. The van der Waals surface area contributed by atoms with Crippen LogP contribution in [0.4, 0.5) is 19.1 Å². The van der Waals surface area contributed by atoms with Crippen LogP contribution in [0.2, 0.25) is 0 Å². The minimum absolute atomic E-state index is 0.0567. The lowest BCUT2D eigenvalue weighted by Crippen LogP contribution is -2.15. The number of carbonyl (C=O) groups is 1. The molecular formula is C18H11F3N6O. The fourth-order valence-electron chi connectivity index (χ4n) is 2.66. The highest BCUT2D eigenvalue weighted by Crippen LogP contribution is 2.36. The maximum Gasteiger partial charge on any atom is 0.417 e. The third kappa shape index (κ3) is 3.27. The van der Waals surface area contributed by atoms with E-state index in [1.54, 1.807) is 6.07 Å². The van der Waals surface area contributed by atoms with Crippen molar-refractivity contribution in [3.8, 4) is 11.3 Å². The number of nitrogens with zero attached hydrogens (tertiary/aromatic N) is 5. The summed E-state index contributed by atoms with van der Waals surface area (Å²) in [7, 11) is 0. The second kappa shape index (κ2) is 6.72. The van der Waals surface area contributed by atoms with Crippen molar-refractivity contribution >= 4 is 17.5 Å². The molecule has 0 unspecified atom stereocenters. The number of alkyl halides is 3. The molecule has 7 nitrogen and oxygen atoms in total. The quantitative estimate of drug-likeness (QED) is 0.585. The van der Waals surface area contributed by atoms with E-state index >= 15 is 0 Å². The van der Waals surface area contributed by atoms with E-state index in [1.165, 1.54) is 53.6 Å². The highest BCUT2D eigenvalue weighted by atomic mass is 19.4. The van der Waals surface area contributed by atoms with E-state index in [1.807, 2.05) is 0 Å². The SMILES string of the molecule is O=C(Nc1ncccn1)c1ncn2ccc(-c3ccccc3C(F)(F)F)nc12. The first-order chi connectivity index (χ1) is 13.4. The highest BCUT2D eigenvalue weighted by molar-refractivity contribution is 6.06. The summed E-state index contributed by atoms with van der Waals surface area (Å²) in [5.74, 6) is -0.547. The van der Waals surface area contributed by atoms with Crippen molar-refractivity contribution in [2.24, 2.45) is 0 Å². The fourth-order valence-corrected chi connectivity index (χ4v) is 2.66. The van der Waals surface area contributed by atoms with Gasteiger partial charge in [-0.25, -0.2) is 19.9 Å². The Bertz CT molecular complexity index is 1160. The molecule has 0 saturated heterocycles. The molecule has 0 aliphatic carbocycles. The Morgan fingerprint density at radius 1 is 1.00 bits per heavy atom. The van der Waals surface area contributed by atoms with Crippen LogP contribution in [-0.4, -0.2) is 30.2 Å². The predicted octanol–water partition coefficient (Wildman–Crippen LogP) is 3.46. The van der Waals surface area contributed by atoms with E-state index in [4.69, 9.17) is 0 Å². The zero-order valence-corrected chi connectivity index (χ0v) is 14.1. The molecule has 1 N–H and O–H groups in total. The third-order valence-electron chi connectivity index (χ3n) is 3.90. The summed E-state index contributed by atoms with van der Waals surface area (Å²) in [6.07, 6.45) is 1.22. The second-order valence-electron chi connectivity index (χ2n) is 5.71. The number of hydrogen-bond donors (Lipinski definition) is 1. The molecule has 3 heterocycles. The summed E-state index contributed by atoms with van der Waals surface area (Å²) in [6.45, 7) is 0. The highest BCUT2D eigenvalue weighted by Gasteiger charge is 2.33. The van der Waals surface area contributed by atoms with Gasteiger partial charge in [-0.15, -0.1) is 0 Å². The lowest BCUT2D eigenvalue weighted by atomic mass is 10.0. The van der Waals surface area contributed by atoms with Crippen LogP contribution >= 0.6 is 0 Å². The molecule has 0 bridgehead atoms. The number of fused-ring (bicyclic) bond motifs is 1. The van der Waals surface area contributed by atoms with Crippen molar-refractivity contribution in [2.75, 3.05) is 5.32 Å². The molecule has 0 radical (unpaired) electrons. The van der Waals surface area contributed by atoms with E-state index < -0.39 is 17.6 Å². The van der Waals surface area contributed by atoms with Crippen molar-refractivity contribution < 1.29 is 18.0 Å². The molecule has 0 aliphatic rings. The molecule has 3 aromatic heterocycles. The number of carbonyl (C=O) groups excluding carboxylic acids is 1. The van der Waals surface area contributed by atoms with Crippen molar-refractivity contribution in [3.63, 3.8) is 0 Å². The normalized spacial score (nSPS) is 11.5. The van der Waals surface area contributed by atoms with E-state index in [9.17, 15) is 18.0 Å². The van der Waals surface area contributed by atoms with Crippen molar-refractivity contribution in [1.82, 2.24) is 24.3 Å². The standard InChI is InChI=1S/C18H11F3N6O/c19-18(20,21)12-5-2-1-4-11(12)13-6-9-27-10-24-14(15(27)25-13)16(28)26-17-22-7-3-8-23-17/h1-10H,(H,22,23,26,28). The Kier molecular flexibility index (Phi) is 4.22. The van der Waals surface area contributed by atoms with Crippen molar-refractivity contribution in [3.05, 3.63) is 72.6 Å². The topological polar surface area (TPSA) is 85.1 Å². The Balaban J connectivity index is 1.77. The van der Waals surface area contributed by atoms with Gasteiger partial charge in [0.2, 0.25) is 5.95 Å². The average molecular weight is 384 g/mol. The number of hydrogen-bond acceptors (Lipinski definition) is 5. The van der Waals surface area contributed by atoms with Gasteiger partial charge in [-0.3, -0.25) is 14.5 Å². The predicted molar refractivity (Wildman–Crippen MR) is 93.4 cm³/mol. The van der Waals surface area contributed by atoms with Crippen LogP contribution < -0.4 is 5.32 Å². The smallest absolute Gasteiger partial charge is 0.290 e. The lowest BCUT2D eigenvalue weighted by molar-refractivity contribution is -0.137. The number of anilines is 1. The van der Waals surface area contributed by atoms with Gasteiger partial charge in [0.1, 0.15) is 6.33 Å². The molecule has 4 aromatic rings. The monoisotopic (exact) mass is 384 g/mol. The van der Waals surface area contributed by atoms with Crippen LogP contribution in [0.5, 0.6) is 0 Å². The molecule has 0 spiro atoms. The molecule has 1 aromatic carbocycles. The summed E-state index contributed by atoms with van der Waals surface area (Å²) in [5, 5.41) is 2.47. The van der Waals surface area contributed by atoms with Crippen LogP contribution in [0.15, 0.2) is 61.3 Å². The molecule has 0 aliphatic heterocycles. The van der Waals surface area contributed by atoms with Gasteiger partial charge in [0, 0.05) is 24.2 Å². The van der Waals surface area contributed by atoms with Crippen LogP contribution in [-0.2, 0) is 6.18 Å². The Hall–Kier alpha value is -3.82. The van der Waals surface area contributed by atoms with E-state index in [0.717, 1.165) is 6.07 Å². The molecule has 28 heavy (non-hydrogen) atoms. The van der Waals surface area contributed by atoms with Crippen LogP contribution in [0.25, 0.3) is 16.9 Å². The molecule has 1 amide bonds. The minimum Gasteiger partial charge on any atom is -0.290 e. The Morgan fingerprint density at radius 2 is 1.75 bits per heavy atom. The van der Waals surface area contributed by atoms with Gasteiger partial charge in [-0.05, 0) is 18.2 Å². The summed E-state index contributed by atoms with van der Waals surface area (Å²) in [6, 6.07) is 8.14. The fraction of sp³-hybridized carbons (Fsp3) is 0.0556. The summed E-state index contributed by atoms with van der Waals surface area (Å²) in [4.78, 5) is 28.5. The zero-order valence-electron chi connectivity index (χ0n) is 14.1. The van der Waals surface area contributed by atoms with Gasteiger partial charge in [-0.2, -0.15) is 13.2 Å². The summed E-state index contributed by atoms with van der Waals surface area (Å²) >= 11 is 0. The van der Waals surface area contributed by atoms with E-state index in [0.29, 0.717) is 0 Å².